The smallest absolute Gasteiger partial charge is 0.240 e. The summed E-state index contributed by atoms with van der Waals surface area (Å²) in [6.45, 7) is 5.26. The van der Waals surface area contributed by atoms with Gasteiger partial charge in [-0.25, -0.2) is 5.43 Å². The summed E-state index contributed by atoms with van der Waals surface area (Å²) < 4.78 is 17.1. The summed E-state index contributed by atoms with van der Waals surface area (Å²) in [4.78, 5) is 11.3. The first-order valence-electron chi connectivity index (χ1n) is 11.8. The molecule has 9 nitrogen and oxygen atoms in total. The molecular formula is C26H31ClN4O5. The van der Waals surface area contributed by atoms with E-state index in [-0.39, 0.29) is 18.6 Å². The molecule has 2 aromatic carbocycles. The van der Waals surface area contributed by atoms with Gasteiger partial charge in [0.1, 0.15) is 36.0 Å². The lowest BCUT2D eigenvalue weighted by atomic mass is 10.0. The maximum absolute atomic E-state index is 11.3. The van der Waals surface area contributed by atoms with E-state index in [4.69, 9.17) is 25.8 Å². The number of halogens is 1. The number of carbonyl (C=O) groups is 1. The van der Waals surface area contributed by atoms with Crippen molar-refractivity contribution in [3.8, 4) is 23.3 Å². The number of aliphatic hydroxyl groups is 1. The predicted molar refractivity (Wildman–Crippen MR) is 137 cm³/mol. The van der Waals surface area contributed by atoms with Gasteiger partial charge in [-0.15, -0.1) is 0 Å². The molecule has 0 aromatic heterocycles. The molecule has 1 unspecified atom stereocenters. The van der Waals surface area contributed by atoms with Crippen molar-refractivity contribution in [2.75, 3.05) is 26.4 Å². The summed E-state index contributed by atoms with van der Waals surface area (Å²) in [5.74, 6) is 1.41. The van der Waals surface area contributed by atoms with E-state index in [1.54, 1.807) is 30.3 Å². The van der Waals surface area contributed by atoms with Crippen molar-refractivity contribution >= 4 is 23.2 Å². The predicted octanol–water partition coefficient (Wildman–Crippen LogP) is 3.41. The van der Waals surface area contributed by atoms with Crippen LogP contribution in [0, 0.1) is 11.3 Å². The molecule has 0 fully saturated rings. The molecule has 2 aromatic rings. The summed E-state index contributed by atoms with van der Waals surface area (Å²) >= 11 is 6.35. The third-order valence-corrected chi connectivity index (χ3v) is 5.54. The molecule has 1 atom stereocenters. The van der Waals surface area contributed by atoms with E-state index in [2.05, 4.69) is 21.9 Å². The van der Waals surface area contributed by atoms with Gasteiger partial charge in [-0.1, -0.05) is 25.4 Å². The summed E-state index contributed by atoms with van der Waals surface area (Å²) in [6, 6.07) is 12.8. The van der Waals surface area contributed by atoms with E-state index < -0.39 is 6.10 Å². The Balaban J connectivity index is 1.42. The number of benzene rings is 2. The number of nitrogens with zero attached hydrogens (tertiary/aromatic N) is 2. The van der Waals surface area contributed by atoms with E-state index in [0.29, 0.717) is 66.9 Å². The number of rotatable bonds is 13. The van der Waals surface area contributed by atoms with Gasteiger partial charge >= 0.3 is 0 Å². The number of hydrogen-bond donors (Lipinski definition) is 3. The van der Waals surface area contributed by atoms with Crippen molar-refractivity contribution in [3.63, 3.8) is 0 Å². The number of hydrazone groups is 1. The molecule has 192 valence electrons. The van der Waals surface area contributed by atoms with Crippen LogP contribution >= 0.6 is 11.6 Å². The largest absolute Gasteiger partial charge is 0.493 e. The minimum atomic E-state index is -0.678. The Morgan fingerprint density at radius 3 is 2.61 bits per heavy atom. The Kier molecular flexibility index (Phi) is 10.4. The molecule has 1 heterocycles. The highest BCUT2D eigenvalue weighted by Gasteiger charge is 2.15. The highest BCUT2D eigenvalue weighted by Crippen LogP contribution is 2.27. The van der Waals surface area contributed by atoms with Gasteiger partial charge < -0.3 is 24.6 Å². The molecule has 1 amide bonds. The fourth-order valence-corrected chi connectivity index (χ4v) is 3.57. The van der Waals surface area contributed by atoms with Crippen molar-refractivity contribution < 1.29 is 24.1 Å². The maximum atomic E-state index is 11.3. The van der Waals surface area contributed by atoms with Crippen molar-refractivity contribution in [2.24, 2.45) is 5.10 Å². The topological polar surface area (TPSA) is 125 Å². The van der Waals surface area contributed by atoms with Gasteiger partial charge in [-0.3, -0.25) is 4.79 Å². The van der Waals surface area contributed by atoms with Crippen LogP contribution in [-0.4, -0.2) is 55.2 Å². The van der Waals surface area contributed by atoms with Crippen LogP contribution in [0.5, 0.6) is 17.2 Å². The lowest BCUT2D eigenvalue weighted by molar-refractivity contribution is -0.121. The van der Waals surface area contributed by atoms with Crippen LogP contribution < -0.4 is 25.0 Å². The van der Waals surface area contributed by atoms with E-state index >= 15 is 0 Å². The van der Waals surface area contributed by atoms with Crippen molar-refractivity contribution in [1.29, 1.82) is 5.26 Å². The molecule has 0 bridgehead atoms. The van der Waals surface area contributed by atoms with Crippen LogP contribution in [0.15, 0.2) is 41.5 Å². The standard InChI is InChI=1S/C26H31ClN4O5/c1-17(2)29-15-20(32)16-36-24-8-5-21(12-19(24)14-28)34-10-3-11-35-25-7-4-18(13-22(25)27)23-6-9-26(33)31-30-23/h4-5,7-8,12-13,17,20,29,32H,3,6,9-11,15-16H2,1-2H3,(H,31,33). The lowest BCUT2D eigenvalue weighted by Gasteiger charge is -2.16. The van der Waals surface area contributed by atoms with Crippen LogP contribution in [0.25, 0.3) is 0 Å². The molecule has 10 heteroatoms. The zero-order chi connectivity index (χ0) is 25.9. The summed E-state index contributed by atoms with van der Waals surface area (Å²) in [7, 11) is 0. The van der Waals surface area contributed by atoms with Gasteiger partial charge in [-0.05, 0) is 35.9 Å². The van der Waals surface area contributed by atoms with E-state index in [0.717, 1.165) is 11.3 Å². The van der Waals surface area contributed by atoms with Crippen LogP contribution in [0.1, 0.15) is 44.2 Å². The van der Waals surface area contributed by atoms with E-state index in [1.807, 2.05) is 19.9 Å². The average molecular weight is 515 g/mol. The minimum absolute atomic E-state index is 0.0835. The SMILES string of the molecule is CC(C)NCC(O)COc1ccc(OCCCOc2ccc(C3=NNC(=O)CC3)cc2Cl)cc1C#N. The Labute approximate surface area is 216 Å². The number of carbonyl (C=O) groups excluding carboxylic acids is 1. The van der Waals surface area contributed by atoms with E-state index in [9.17, 15) is 15.2 Å². The second kappa shape index (κ2) is 13.7. The van der Waals surface area contributed by atoms with Crippen LogP contribution in [0.2, 0.25) is 5.02 Å². The van der Waals surface area contributed by atoms with Crippen molar-refractivity contribution in [3.05, 3.63) is 52.5 Å². The first-order valence-corrected chi connectivity index (χ1v) is 12.2. The average Bonchev–Trinajstić information content (AvgIpc) is 2.87. The van der Waals surface area contributed by atoms with Crippen molar-refractivity contribution in [2.45, 2.75) is 45.3 Å². The number of nitrogens with one attached hydrogen (secondary N) is 2. The number of aliphatic hydroxyl groups excluding tert-OH is 1. The van der Waals surface area contributed by atoms with Crippen LogP contribution in [0.4, 0.5) is 0 Å². The number of nitriles is 1. The Morgan fingerprint density at radius 1 is 1.14 bits per heavy atom. The van der Waals surface area contributed by atoms with Crippen LogP contribution in [-0.2, 0) is 4.79 Å². The van der Waals surface area contributed by atoms with Crippen LogP contribution in [0.3, 0.4) is 0 Å². The zero-order valence-electron chi connectivity index (χ0n) is 20.4. The monoisotopic (exact) mass is 514 g/mol. The molecular weight excluding hydrogens is 484 g/mol. The molecule has 0 saturated carbocycles. The number of hydrogen-bond acceptors (Lipinski definition) is 8. The minimum Gasteiger partial charge on any atom is -0.493 e. The molecule has 36 heavy (non-hydrogen) atoms. The first kappa shape index (κ1) is 27.3. The third-order valence-electron chi connectivity index (χ3n) is 5.25. The third kappa shape index (κ3) is 8.41. The van der Waals surface area contributed by atoms with Gasteiger partial charge in [0.25, 0.3) is 0 Å². The fraction of sp³-hybridized carbons (Fsp3) is 0.423. The summed E-state index contributed by atoms with van der Waals surface area (Å²) in [5, 5.41) is 27.1. The fourth-order valence-electron chi connectivity index (χ4n) is 3.34. The van der Waals surface area contributed by atoms with E-state index in [1.165, 1.54) is 0 Å². The normalized spacial score (nSPS) is 14.0. The van der Waals surface area contributed by atoms with Crippen molar-refractivity contribution in [1.82, 2.24) is 10.7 Å². The molecule has 0 spiro atoms. The van der Waals surface area contributed by atoms with Gasteiger partial charge in [-0.2, -0.15) is 10.4 Å². The second-order valence-corrected chi connectivity index (χ2v) is 8.99. The van der Waals surface area contributed by atoms with Gasteiger partial charge in [0, 0.05) is 37.9 Å². The van der Waals surface area contributed by atoms with Gasteiger partial charge in [0.15, 0.2) is 0 Å². The zero-order valence-corrected chi connectivity index (χ0v) is 21.2. The highest BCUT2D eigenvalue weighted by molar-refractivity contribution is 6.32. The molecule has 0 radical (unpaired) electrons. The number of ether oxygens (including phenoxy) is 3. The molecule has 1 aliphatic heterocycles. The Hall–Kier alpha value is -3.32. The van der Waals surface area contributed by atoms with Gasteiger partial charge in [0.2, 0.25) is 5.91 Å². The summed E-state index contributed by atoms with van der Waals surface area (Å²) in [5.41, 5.74) is 4.44. The Morgan fingerprint density at radius 2 is 1.92 bits per heavy atom. The molecule has 3 N–H and O–H groups in total. The molecule has 1 aliphatic rings. The quantitative estimate of drug-likeness (QED) is 0.350. The highest BCUT2D eigenvalue weighted by atomic mass is 35.5. The van der Waals surface area contributed by atoms with Gasteiger partial charge in [0.05, 0.1) is 29.5 Å². The lowest BCUT2D eigenvalue weighted by Crippen LogP contribution is -2.35. The second-order valence-electron chi connectivity index (χ2n) is 8.59. The molecule has 0 saturated heterocycles. The molecule has 3 rings (SSSR count). The first-order chi connectivity index (χ1) is 17.4. The maximum Gasteiger partial charge on any atom is 0.240 e. The Bertz CT molecular complexity index is 1120. The summed E-state index contributed by atoms with van der Waals surface area (Å²) in [6.07, 6.45) is 0.896. The number of amides is 1. The molecule has 0 aliphatic carbocycles.